The first-order chi connectivity index (χ1) is 9.27. The molecule has 1 aliphatic heterocycles. The predicted molar refractivity (Wildman–Crippen MR) is 78.2 cm³/mol. The van der Waals surface area contributed by atoms with Crippen LogP contribution in [0.4, 0.5) is 0 Å². The van der Waals surface area contributed by atoms with Crippen LogP contribution < -0.4 is 0 Å². The van der Waals surface area contributed by atoms with Crippen LogP contribution >= 0.6 is 0 Å². The van der Waals surface area contributed by atoms with Gasteiger partial charge in [-0.05, 0) is 70.0 Å². The first-order valence-corrected chi connectivity index (χ1v) is 8.53. The van der Waals surface area contributed by atoms with E-state index in [9.17, 15) is 4.79 Å². The molecule has 0 aromatic heterocycles. The fourth-order valence-corrected chi connectivity index (χ4v) is 4.58. The summed E-state index contributed by atoms with van der Waals surface area (Å²) in [5.41, 5.74) is 0.720. The van der Waals surface area contributed by atoms with Gasteiger partial charge < -0.3 is 4.90 Å². The maximum Gasteiger partial charge on any atom is 0.136 e. The van der Waals surface area contributed by atoms with Crippen molar-refractivity contribution in [2.24, 2.45) is 11.3 Å². The van der Waals surface area contributed by atoms with Gasteiger partial charge >= 0.3 is 0 Å². The molecule has 3 fully saturated rings. The van der Waals surface area contributed by atoms with Crippen molar-refractivity contribution in [1.82, 2.24) is 4.90 Å². The minimum Gasteiger partial charge on any atom is -0.303 e. The molecule has 3 aliphatic rings. The van der Waals surface area contributed by atoms with Crippen LogP contribution in [-0.2, 0) is 4.79 Å². The normalized spacial score (nSPS) is 32.0. The Morgan fingerprint density at radius 2 is 1.74 bits per heavy atom. The van der Waals surface area contributed by atoms with Gasteiger partial charge in [0.25, 0.3) is 0 Å². The molecular formula is C17H29NO. The van der Waals surface area contributed by atoms with E-state index in [1.807, 2.05) is 0 Å². The van der Waals surface area contributed by atoms with Gasteiger partial charge in [0.1, 0.15) is 5.78 Å². The summed E-state index contributed by atoms with van der Waals surface area (Å²) in [6, 6.07) is 0. The molecule has 1 saturated heterocycles. The van der Waals surface area contributed by atoms with E-state index in [2.05, 4.69) is 4.90 Å². The number of hydrogen-bond acceptors (Lipinski definition) is 2. The number of carbonyl (C=O) groups excluding carboxylic acids is 1. The van der Waals surface area contributed by atoms with Gasteiger partial charge in [0.05, 0.1) is 0 Å². The van der Waals surface area contributed by atoms with Gasteiger partial charge in [0.15, 0.2) is 0 Å². The highest BCUT2D eigenvalue weighted by molar-refractivity contribution is 5.82. The first-order valence-electron chi connectivity index (χ1n) is 8.53. The molecule has 0 N–H and O–H groups in total. The zero-order valence-electron chi connectivity index (χ0n) is 12.3. The highest BCUT2D eigenvalue weighted by Crippen LogP contribution is 2.44. The topological polar surface area (TPSA) is 20.3 Å². The van der Waals surface area contributed by atoms with Gasteiger partial charge in [-0.15, -0.1) is 0 Å². The first kappa shape index (κ1) is 13.6. The van der Waals surface area contributed by atoms with Gasteiger partial charge in [-0.1, -0.05) is 19.3 Å². The Bertz CT molecular complexity index is 309. The number of Topliss-reactive ketones (excluding diaryl/α,β-unsaturated/α-hetero) is 1. The fraction of sp³-hybridized carbons (Fsp3) is 0.941. The van der Waals surface area contributed by atoms with Crippen molar-refractivity contribution < 1.29 is 4.79 Å². The van der Waals surface area contributed by atoms with Crippen LogP contribution in [0.25, 0.3) is 0 Å². The minimum absolute atomic E-state index is 0.408. The summed E-state index contributed by atoms with van der Waals surface area (Å²) in [7, 11) is 0. The Balaban J connectivity index is 1.41. The second kappa shape index (κ2) is 5.95. The molecule has 1 unspecified atom stereocenters. The second-order valence-electron chi connectivity index (χ2n) is 7.25. The predicted octanol–water partition coefficient (Wildman–Crippen LogP) is 3.79. The number of ketones is 1. The molecule has 3 rings (SSSR count). The molecule has 0 aromatic rings. The summed E-state index contributed by atoms with van der Waals surface area (Å²) in [5, 5.41) is 0. The van der Waals surface area contributed by atoms with Crippen LogP contribution in [0, 0.1) is 11.3 Å². The van der Waals surface area contributed by atoms with Crippen molar-refractivity contribution in [3.05, 3.63) is 0 Å². The molecule has 1 spiro atoms. The van der Waals surface area contributed by atoms with Crippen LogP contribution in [0.1, 0.15) is 70.6 Å². The van der Waals surface area contributed by atoms with E-state index in [1.54, 1.807) is 0 Å². The summed E-state index contributed by atoms with van der Waals surface area (Å²) in [6.07, 6.45) is 14.5. The van der Waals surface area contributed by atoms with Gasteiger partial charge in [-0.3, -0.25) is 4.79 Å². The number of nitrogens with zero attached hydrogens (tertiary/aromatic N) is 1. The molecule has 2 saturated carbocycles. The Labute approximate surface area is 117 Å². The van der Waals surface area contributed by atoms with Gasteiger partial charge in [0.2, 0.25) is 0 Å². The lowest BCUT2D eigenvalue weighted by Gasteiger charge is -2.44. The molecule has 0 bridgehead atoms. The zero-order chi connectivity index (χ0) is 13.1. The molecule has 0 radical (unpaired) electrons. The SMILES string of the molecule is O=C1CCCC1CCN1CCC2(CCCCC2)CC1. The van der Waals surface area contributed by atoms with Crippen LogP contribution in [-0.4, -0.2) is 30.3 Å². The average Bonchev–Trinajstić information content (AvgIpc) is 2.85. The lowest BCUT2D eigenvalue weighted by atomic mass is 9.68. The smallest absolute Gasteiger partial charge is 0.136 e. The second-order valence-corrected chi connectivity index (χ2v) is 7.25. The molecule has 0 amide bonds. The van der Waals surface area contributed by atoms with E-state index in [4.69, 9.17) is 0 Å². The molecule has 2 nitrogen and oxygen atoms in total. The summed E-state index contributed by atoms with van der Waals surface area (Å²) in [6.45, 7) is 3.76. The van der Waals surface area contributed by atoms with Crippen LogP contribution in [0.2, 0.25) is 0 Å². The minimum atomic E-state index is 0.408. The summed E-state index contributed by atoms with van der Waals surface area (Å²) in [5.74, 6) is 0.950. The van der Waals surface area contributed by atoms with E-state index in [1.165, 1.54) is 64.6 Å². The molecule has 2 heteroatoms. The Hall–Kier alpha value is -0.370. The molecule has 0 aromatic carbocycles. The molecule has 2 aliphatic carbocycles. The Morgan fingerprint density at radius 1 is 1.00 bits per heavy atom. The summed E-state index contributed by atoms with van der Waals surface area (Å²) >= 11 is 0. The maximum absolute atomic E-state index is 11.7. The van der Waals surface area contributed by atoms with Crippen molar-refractivity contribution >= 4 is 5.78 Å². The van der Waals surface area contributed by atoms with Gasteiger partial charge in [0, 0.05) is 12.3 Å². The largest absolute Gasteiger partial charge is 0.303 e. The summed E-state index contributed by atoms with van der Waals surface area (Å²) in [4.78, 5) is 14.3. The number of carbonyl (C=O) groups is 1. The average molecular weight is 263 g/mol. The number of rotatable bonds is 3. The maximum atomic E-state index is 11.7. The number of hydrogen-bond donors (Lipinski definition) is 0. The van der Waals surface area contributed by atoms with Crippen molar-refractivity contribution in [2.45, 2.75) is 70.6 Å². The van der Waals surface area contributed by atoms with Gasteiger partial charge in [-0.25, -0.2) is 0 Å². The molecule has 108 valence electrons. The third kappa shape index (κ3) is 3.21. The van der Waals surface area contributed by atoms with E-state index < -0.39 is 0 Å². The standard InChI is InChI=1S/C17H29NO/c19-16-6-4-5-15(16)7-12-18-13-10-17(11-14-18)8-2-1-3-9-17/h15H,1-14H2. The Morgan fingerprint density at radius 3 is 2.37 bits per heavy atom. The highest BCUT2D eigenvalue weighted by atomic mass is 16.1. The van der Waals surface area contributed by atoms with E-state index in [0.717, 1.165) is 31.1 Å². The monoisotopic (exact) mass is 263 g/mol. The van der Waals surface area contributed by atoms with Crippen molar-refractivity contribution in [2.75, 3.05) is 19.6 Å². The van der Waals surface area contributed by atoms with Crippen molar-refractivity contribution in [3.8, 4) is 0 Å². The molecule has 19 heavy (non-hydrogen) atoms. The number of likely N-dealkylation sites (tertiary alicyclic amines) is 1. The van der Waals surface area contributed by atoms with Crippen molar-refractivity contribution in [3.63, 3.8) is 0 Å². The highest BCUT2D eigenvalue weighted by Gasteiger charge is 2.35. The van der Waals surface area contributed by atoms with E-state index >= 15 is 0 Å². The zero-order valence-corrected chi connectivity index (χ0v) is 12.3. The van der Waals surface area contributed by atoms with Crippen molar-refractivity contribution in [1.29, 1.82) is 0 Å². The lowest BCUT2D eigenvalue weighted by molar-refractivity contribution is -0.120. The van der Waals surface area contributed by atoms with Crippen LogP contribution in [0.5, 0.6) is 0 Å². The van der Waals surface area contributed by atoms with E-state index in [-0.39, 0.29) is 0 Å². The number of piperidine rings is 1. The van der Waals surface area contributed by atoms with Crippen LogP contribution in [0.3, 0.4) is 0 Å². The van der Waals surface area contributed by atoms with Gasteiger partial charge in [-0.2, -0.15) is 0 Å². The third-order valence-electron chi connectivity index (χ3n) is 6.06. The lowest BCUT2D eigenvalue weighted by Crippen LogP contribution is -2.41. The third-order valence-corrected chi connectivity index (χ3v) is 6.06. The fourth-order valence-electron chi connectivity index (χ4n) is 4.58. The quantitative estimate of drug-likeness (QED) is 0.772. The molecule has 1 atom stereocenters. The van der Waals surface area contributed by atoms with E-state index in [0.29, 0.717) is 11.7 Å². The molecular weight excluding hydrogens is 234 g/mol. The Kier molecular flexibility index (Phi) is 4.26. The van der Waals surface area contributed by atoms with Crippen LogP contribution in [0.15, 0.2) is 0 Å². The summed E-state index contributed by atoms with van der Waals surface area (Å²) < 4.78 is 0. The molecule has 1 heterocycles.